The van der Waals surface area contributed by atoms with Gasteiger partial charge in [-0.1, -0.05) is 19.0 Å². The molecule has 0 fully saturated rings. The van der Waals surface area contributed by atoms with Crippen molar-refractivity contribution in [1.29, 1.82) is 0 Å². The fraction of sp³-hybridized carbons (Fsp3) is 0.400. The second-order valence-electron chi connectivity index (χ2n) is 5.00. The molecule has 124 valence electrons. The van der Waals surface area contributed by atoms with Crippen LogP contribution >= 0.6 is 0 Å². The molecule has 5 nitrogen and oxygen atoms in total. The van der Waals surface area contributed by atoms with Crippen molar-refractivity contribution in [3.8, 4) is 11.4 Å². The minimum atomic E-state index is -4.67. The molecule has 8 heteroatoms. The summed E-state index contributed by atoms with van der Waals surface area (Å²) < 4.78 is 41.5. The Morgan fingerprint density at radius 3 is 2.30 bits per heavy atom. The van der Waals surface area contributed by atoms with Gasteiger partial charge in [-0.2, -0.15) is 18.2 Å². The SMILES string of the molecule is CCC(CC)C(=O)Nc1ccc(-c2noc(C(F)(F)F)n2)cc1. The Hall–Kier alpha value is -2.38. The van der Waals surface area contributed by atoms with Gasteiger partial charge in [0.2, 0.25) is 11.7 Å². The third-order valence-corrected chi connectivity index (χ3v) is 3.44. The summed E-state index contributed by atoms with van der Waals surface area (Å²) in [4.78, 5) is 15.3. The van der Waals surface area contributed by atoms with E-state index < -0.39 is 12.1 Å². The number of carbonyl (C=O) groups excluding carboxylic acids is 1. The Morgan fingerprint density at radius 2 is 1.83 bits per heavy atom. The molecule has 0 saturated heterocycles. The Kier molecular flexibility index (Phi) is 5.02. The van der Waals surface area contributed by atoms with Crippen LogP contribution in [0.15, 0.2) is 28.8 Å². The zero-order chi connectivity index (χ0) is 17.0. The molecule has 1 aromatic carbocycles. The standard InChI is InChI=1S/C15H16F3N3O2/c1-3-9(4-2)13(22)19-11-7-5-10(6-8-11)12-20-14(23-21-12)15(16,17)18/h5-9H,3-4H2,1-2H3,(H,19,22). The van der Waals surface area contributed by atoms with Gasteiger partial charge in [0.15, 0.2) is 0 Å². The van der Waals surface area contributed by atoms with Gasteiger partial charge >= 0.3 is 12.1 Å². The van der Waals surface area contributed by atoms with Gasteiger partial charge in [-0.15, -0.1) is 0 Å². The quantitative estimate of drug-likeness (QED) is 0.896. The van der Waals surface area contributed by atoms with E-state index in [2.05, 4.69) is 20.0 Å². The number of aromatic nitrogens is 2. The van der Waals surface area contributed by atoms with Crippen molar-refractivity contribution in [1.82, 2.24) is 10.1 Å². The normalized spacial score (nSPS) is 11.7. The van der Waals surface area contributed by atoms with Crippen LogP contribution in [-0.2, 0) is 11.0 Å². The zero-order valence-electron chi connectivity index (χ0n) is 12.6. The summed E-state index contributed by atoms with van der Waals surface area (Å²) >= 11 is 0. The average Bonchev–Trinajstić information content (AvgIpc) is 2.99. The molecule has 0 atom stereocenters. The Labute approximate surface area is 130 Å². The molecular formula is C15H16F3N3O2. The van der Waals surface area contributed by atoms with E-state index in [1.165, 1.54) is 12.1 Å². The minimum Gasteiger partial charge on any atom is -0.329 e. The molecule has 2 aromatic rings. The highest BCUT2D eigenvalue weighted by molar-refractivity contribution is 5.92. The number of hydrogen-bond acceptors (Lipinski definition) is 4. The van der Waals surface area contributed by atoms with Crippen molar-refractivity contribution in [3.63, 3.8) is 0 Å². The smallest absolute Gasteiger partial charge is 0.329 e. The Balaban J connectivity index is 2.10. The van der Waals surface area contributed by atoms with Crippen LogP contribution in [0.5, 0.6) is 0 Å². The van der Waals surface area contributed by atoms with Gasteiger partial charge < -0.3 is 9.84 Å². The lowest BCUT2D eigenvalue weighted by Gasteiger charge is -2.12. The van der Waals surface area contributed by atoms with Crippen LogP contribution in [0.4, 0.5) is 18.9 Å². The number of amides is 1. The molecule has 0 spiro atoms. The number of anilines is 1. The summed E-state index contributed by atoms with van der Waals surface area (Å²) in [6.07, 6.45) is -3.19. The third-order valence-electron chi connectivity index (χ3n) is 3.44. The number of nitrogens with zero attached hydrogens (tertiary/aromatic N) is 2. The van der Waals surface area contributed by atoms with Crippen LogP contribution in [0.1, 0.15) is 32.6 Å². The van der Waals surface area contributed by atoms with Crippen LogP contribution in [0.25, 0.3) is 11.4 Å². The molecule has 2 rings (SSSR count). The summed E-state index contributed by atoms with van der Waals surface area (Å²) in [6, 6.07) is 6.21. The van der Waals surface area contributed by atoms with Gasteiger partial charge in [-0.3, -0.25) is 4.79 Å². The monoisotopic (exact) mass is 327 g/mol. The van der Waals surface area contributed by atoms with E-state index in [-0.39, 0.29) is 17.6 Å². The maximum Gasteiger partial charge on any atom is 0.471 e. The average molecular weight is 327 g/mol. The van der Waals surface area contributed by atoms with Gasteiger partial charge in [0.05, 0.1) is 0 Å². The first kappa shape index (κ1) is 17.0. The van der Waals surface area contributed by atoms with Crippen molar-refractivity contribution in [3.05, 3.63) is 30.2 Å². The van der Waals surface area contributed by atoms with Gasteiger partial charge in [-0.05, 0) is 37.1 Å². The van der Waals surface area contributed by atoms with Crippen LogP contribution in [0.2, 0.25) is 0 Å². The zero-order valence-corrected chi connectivity index (χ0v) is 12.6. The van der Waals surface area contributed by atoms with Crippen molar-refractivity contribution < 1.29 is 22.5 Å². The van der Waals surface area contributed by atoms with E-state index in [0.717, 1.165) is 12.8 Å². The summed E-state index contributed by atoms with van der Waals surface area (Å²) in [5, 5.41) is 6.07. The first-order valence-corrected chi connectivity index (χ1v) is 7.17. The first-order chi connectivity index (χ1) is 10.8. The van der Waals surface area contributed by atoms with E-state index in [1.807, 2.05) is 13.8 Å². The molecule has 0 unspecified atom stereocenters. The molecular weight excluding hydrogens is 311 g/mol. The molecule has 1 aromatic heterocycles. The summed E-state index contributed by atoms with van der Waals surface area (Å²) in [7, 11) is 0. The van der Waals surface area contributed by atoms with Gasteiger partial charge in [0.25, 0.3) is 0 Å². The number of rotatable bonds is 5. The van der Waals surface area contributed by atoms with Gasteiger partial charge in [0, 0.05) is 17.2 Å². The largest absolute Gasteiger partial charge is 0.471 e. The highest BCUT2D eigenvalue weighted by Gasteiger charge is 2.38. The maximum absolute atomic E-state index is 12.4. The first-order valence-electron chi connectivity index (χ1n) is 7.17. The van der Waals surface area contributed by atoms with E-state index in [0.29, 0.717) is 11.3 Å². The number of hydrogen-bond donors (Lipinski definition) is 1. The minimum absolute atomic E-state index is 0.0683. The van der Waals surface area contributed by atoms with Crippen molar-refractivity contribution in [2.45, 2.75) is 32.9 Å². The maximum atomic E-state index is 12.4. The summed E-state index contributed by atoms with van der Waals surface area (Å²) in [6.45, 7) is 3.87. The van der Waals surface area contributed by atoms with Crippen molar-refractivity contribution >= 4 is 11.6 Å². The van der Waals surface area contributed by atoms with Gasteiger partial charge in [-0.25, -0.2) is 0 Å². The lowest BCUT2D eigenvalue weighted by Crippen LogP contribution is -2.21. The molecule has 0 aliphatic carbocycles. The molecule has 1 heterocycles. The van der Waals surface area contributed by atoms with Crippen molar-refractivity contribution in [2.75, 3.05) is 5.32 Å². The number of benzene rings is 1. The summed E-state index contributed by atoms with van der Waals surface area (Å²) in [5.74, 6) is -1.70. The summed E-state index contributed by atoms with van der Waals surface area (Å²) in [5.41, 5.74) is 0.926. The predicted octanol–water partition coefficient (Wildman–Crippen LogP) is 4.13. The second kappa shape index (κ2) is 6.80. The molecule has 0 radical (unpaired) electrons. The van der Waals surface area contributed by atoms with Crippen LogP contribution in [0, 0.1) is 5.92 Å². The highest BCUT2D eigenvalue weighted by atomic mass is 19.4. The van der Waals surface area contributed by atoms with Crippen LogP contribution < -0.4 is 5.32 Å². The van der Waals surface area contributed by atoms with Crippen LogP contribution in [0.3, 0.4) is 0 Å². The van der Waals surface area contributed by atoms with Gasteiger partial charge in [0.1, 0.15) is 0 Å². The van der Waals surface area contributed by atoms with E-state index in [1.54, 1.807) is 12.1 Å². The topological polar surface area (TPSA) is 68.0 Å². The van der Waals surface area contributed by atoms with Crippen LogP contribution in [-0.4, -0.2) is 16.0 Å². The molecule has 1 N–H and O–H groups in total. The number of nitrogens with one attached hydrogen (secondary N) is 1. The van der Waals surface area contributed by atoms with E-state index in [4.69, 9.17) is 0 Å². The Bertz CT molecular complexity index is 661. The second-order valence-corrected chi connectivity index (χ2v) is 5.00. The number of alkyl halides is 3. The highest BCUT2D eigenvalue weighted by Crippen LogP contribution is 2.29. The molecule has 0 aliphatic heterocycles. The van der Waals surface area contributed by atoms with E-state index >= 15 is 0 Å². The molecule has 1 amide bonds. The van der Waals surface area contributed by atoms with Crippen molar-refractivity contribution in [2.24, 2.45) is 5.92 Å². The lowest BCUT2D eigenvalue weighted by molar-refractivity contribution is -0.159. The third kappa shape index (κ3) is 4.08. The fourth-order valence-electron chi connectivity index (χ4n) is 2.06. The molecule has 0 saturated carbocycles. The number of carbonyl (C=O) groups is 1. The number of halogens is 3. The fourth-order valence-corrected chi connectivity index (χ4v) is 2.06. The van der Waals surface area contributed by atoms with E-state index in [9.17, 15) is 18.0 Å². The Morgan fingerprint density at radius 1 is 1.22 bits per heavy atom. The predicted molar refractivity (Wildman–Crippen MR) is 77.4 cm³/mol. The molecule has 0 aliphatic rings. The molecule has 0 bridgehead atoms. The lowest BCUT2D eigenvalue weighted by atomic mass is 10.0. The molecule has 23 heavy (non-hydrogen) atoms.